The molecule has 2 aromatic carbocycles. The Labute approximate surface area is 167 Å². The maximum Gasteiger partial charge on any atom is 0.161 e. The predicted molar refractivity (Wildman–Crippen MR) is 110 cm³/mol. The second-order valence-electron chi connectivity index (χ2n) is 6.62. The van der Waals surface area contributed by atoms with E-state index in [4.69, 9.17) is 21.1 Å². The summed E-state index contributed by atoms with van der Waals surface area (Å²) in [6.45, 7) is 1.34. The smallest absolute Gasteiger partial charge is 0.161 e. The van der Waals surface area contributed by atoms with E-state index in [9.17, 15) is 0 Å². The van der Waals surface area contributed by atoms with Crippen molar-refractivity contribution in [3.8, 4) is 11.5 Å². The summed E-state index contributed by atoms with van der Waals surface area (Å²) < 4.78 is 11.4. The second-order valence-corrected chi connectivity index (χ2v) is 7.06. The Hall–Kier alpha value is -1.42. The number of halogens is 2. The van der Waals surface area contributed by atoms with Crippen LogP contribution in [-0.4, -0.2) is 13.2 Å². The van der Waals surface area contributed by atoms with Crippen LogP contribution in [0.15, 0.2) is 42.5 Å². The third kappa shape index (κ3) is 6.08. The van der Waals surface area contributed by atoms with E-state index >= 15 is 0 Å². The molecule has 0 aromatic heterocycles. The molecule has 5 heteroatoms. The van der Waals surface area contributed by atoms with Gasteiger partial charge in [-0.15, -0.1) is 12.4 Å². The van der Waals surface area contributed by atoms with E-state index < -0.39 is 0 Å². The van der Waals surface area contributed by atoms with Gasteiger partial charge in [-0.25, -0.2) is 0 Å². The zero-order chi connectivity index (χ0) is 17.5. The van der Waals surface area contributed by atoms with Gasteiger partial charge in [0.15, 0.2) is 11.5 Å². The first kappa shape index (κ1) is 20.9. The summed E-state index contributed by atoms with van der Waals surface area (Å²) in [6, 6.07) is 14.5. The first-order valence-electron chi connectivity index (χ1n) is 9.02. The molecule has 1 aliphatic rings. The quantitative estimate of drug-likeness (QED) is 0.644. The first-order chi connectivity index (χ1) is 12.2. The van der Waals surface area contributed by atoms with Crippen LogP contribution in [0, 0.1) is 0 Å². The fourth-order valence-corrected chi connectivity index (χ4v) is 3.51. The lowest BCUT2D eigenvalue weighted by Gasteiger charge is -2.23. The van der Waals surface area contributed by atoms with E-state index in [1.165, 1.54) is 37.7 Å². The van der Waals surface area contributed by atoms with Crippen molar-refractivity contribution in [2.75, 3.05) is 7.11 Å². The molecule has 3 nitrogen and oxygen atoms in total. The summed E-state index contributed by atoms with van der Waals surface area (Å²) >= 11 is 6.02. The molecule has 3 rings (SSSR count). The van der Waals surface area contributed by atoms with Gasteiger partial charge in [-0.3, -0.25) is 0 Å². The molecule has 1 aliphatic carbocycles. The Bertz CT molecular complexity index is 687. The maximum absolute atomic E-state index is 6.02. The van der Waals surface area contributed by atoms with Gasteiger partial charge in [-0.05, 0) is 48.2 Å². The number of hydrogen-bond acceptors (Lipinski definition) is 3. The van der Waals surface area contributed by atoms with Crippen LogP contribution in [0.25, 0.3) is 0 Å². The molecule has 0 bridgehead atoms. The van der Waals surface area contributed by atoms with Crippen LogP contribution in [0.3, 0.4) is 0 Å². The molecule has 0 aliphatic heterocycles. The molecule has 0 saturated heterocycles. The summed E-state index contributed by atoms with van der Waals surface area (Å²) in [6.07, 6.45) is 6.65. The minimum atomic E-state index is 0. The number of ether oxygens (including phenoxy) is 2. The van der Waals surface area contributed by atoms with E-state index in [1.807, 2.05) is 30.3 Å². The number of nitrogens with one attached hydrogen (secondary N) is 1. The molecule has 0 heterocycles. The summed E-state index contributed by atoms with van der Waals surface area (Å²) in [5, 5.41) is 4.38. The van der Waals surface area contributed by atoms with Crippen molar-refractivity contribution in [3.63, 3.8) is 0 Å². The van der Waals surface area contributed by atoms with Crippen molar-refractivity contribution in [2.45, 2.75) is 51.3 Å². The van der Waals surface area contributed by atoms with E-state index in [2.05, 4.69) is 17.4 Å². The topological polar surface area (TPSA) is 30.5 Å². The molecule has 2 aromatic rings. The van der Waals surface area contributed by atoms with E-state index in [0.717, 1.165) is 28.6 Å². The van der Waals surface area contributed by atoms with Gasteiger partial charge in [-0.1, -0.05) is 49.1 Å². The minimum Gasteiger partial charge on any atom is -0.493 e. The monoisotopic (exact) mass is 395 g/mol. The van der Waals surface area contributed by atoms with Crippen molar-refractivity contribution in [1.29, 1.82) is 0 Å². The van der Waals surface area contributed by atoms with Crippen molar-refractivity contribution >= 4 is 24.0 Å². The number of hydrogen-bond donors (Lipinski definition) is 1. The number of methoxy groups -OCH3 is 1. The molecule has 0 unspecified atom stereocenters. The standard InChI is InChI=1S/C21H26ClNO2.ClH/c1-24-21-13-16(14-23-19-8-3-2-4-9-19)10-11-20(21)25-15-17-6-5-7-18(22)12-17;/h5-7,10-13,19,23H,2-4,8-9,14-15H2,1H3;1H. The zero-order valence-corrected chi connectivity index (χ0v) is 16.7. The normalized spacial score (nSPS) is 14.5. The highest BCUT2D eigenvalue weighted by Crippen LogP contribution is 2.29. The van der Waals surface area contributed by atoms with Gasteiger partial charge in [-0.2, -0.15) is 0 Å². The Morgan fingerprint density at radius 1 is 1.00 bits per heavy atom. The van der Waals surface area contributed by atoms with Crippen LogP contribution < -0.4 is 14.8 Å². The van der Waals surface area contributed by atoms with Crippen LogP contribution in [0.5, 0.6) is 11.5 Å². The van der Waals surface area contributed by atoms with Gasteiger partial charge < -0.3 is 14.8 Å². The van der Waals surface area contributed by atoms with Crippen molar-refractivity contribution in [3.05, 3.63) is 58.6 Å². The molecule has 0 atom stereocenters. The van der Waals surface area contributed by atoms with Crippen LogP contribution >= 0.6 is 24.0 Å². The maximum atomic E-state index is 6.02. The third-order valence-electron chi connectivity index (χ3n) is 4.71. The Morgan fingerprint density at radius 3 is 2.54 bits per heavy atom. The minimum absolute atomic E-state index is 0. The van der Waals surface area contributed by atoms with Crippen LogP contribution in [0.4, 0.5) is 0 Å². The lowest BCUT2D eigenvalue weighted by atomic mass is 9.95. The van der Waals surface area contributed by atoms with Gasteiger partial charge in [0, 0.05) is 17.6 Å². The summed E-state index contributed by atoms with van der Waals surface area (Å²) in [5.74, 6) is 1.52. The van der Waals surface area contributed by atoms with Gasteiger partial charge >= 0.3 is 0 Å². The Morgan fingerprint density at radius 2 is 1.81 bits per heavy atom. The van der Waals surface area contributed by atoms with Crippen molar-refractivity contribution in [1.82, 2.24) is 5.32 Å². The molecule has 0 radical (unpaired) electrons. The molecular formula is C21H27Cl2NO2. The van der Waals surface area contributed by atoms with Gasteiger partial charge in [0.25, 0.3) is 0 Å². The molecule has 1 saturated carbocycles. The highest BCUT2D eigenvalue weighted by molar-refractivity contribution is 6.30. The highest BCUT2D eigenvalue weighted by atomic mass is 35.5. The summed E-state index contributed by atoms with van der Waals surface area (Å²) in [4.78, 5) is 0. The Balaban J connectivity index is 0.00000243. The van der Waals surface area contributed by atoms with E-state index in [0.29, 0.717) is 12.6 Å². The number of rotatable bonds is 7. The molecular weight excluding hydrogens is 369 g/mol. The van der Waals surface area contributed by atoms with Crippen molar-refractivity contribution < 1.29 is 9.47 Å². The average molecular weight is 396 g/mol. The van der Waals surface area contributed by atoms with Gasteiger partial charge in [0.1, 0.15) is 6.61 Å². The van der Waals surface area contributed by atoms with Crippen molar-refractivity contribution in [2.24, 2.45) is 0 Å². The fourth-order valence-electron chi connectivity index (χ4n) is 3.30. The second kappa shape index (κ2) is 10.7. The fraction of sp³-hybridized carbons (Fsp3) is 0.429. The first-order valence-corrected chi connectivity index (χ1v) is 9.40. The summed E-state index contributed by atoms with van der Waals surface area (Å²) in [7, 11) is 1.68. The van der Waals surface area contributed by atoms with E-state index in [1.54, 1.807) is 7.11 Å². The molecule has 1 fully saturated rings. The van der Waals surface area contributed by atoms with E-state index in [-0.39, 0.29) is 12.4 Å². The highest BCUT2D eigenvalue weighted by Gasteiger charge is 2.13. The average Bonchev–Trinajstić information content (AvgIpc) is 2.66. The third-order valence-corrected chi connectivity index (χ3v) is 4.95. The van der Waals surface area contributed by atoms with Crippen LogP contribution in [0.1, 0.15) is 43.2 Å². The number of benzene rings is 2. The van der Waals surface area contributed by atoms with Crippen LogP contribution in [0.2, 0.25) is 5.02 Å². The molecule has 0 amide bonds. The molecule has 26 heavy (non-hydrogen) atoms. The molecule has 0 spiro atoms. The molecule has 142 valence electrons. The lowest BCUT2D eigenvalue weighted by molar-refractivity contribution is 0.284. The zero-order valence-electron chi connectivity index (χ0n) is 15.2. The van der Waals surface area contributed by atoms with Gasteiger partial charge in [0.05, 0.1) is 7.11 Å². The van der Waals surface area contributed by atoms with Crippen LogP contribution in [-0.2, 0) is 13.2 Å². The predicted octanol–water partition coefficient (Wildman–Crippen LogP) is 5.77. The lowest BCUT2D eigenvalue weighted by Crippen LogP contribution is -2.30. The SMILES string of the molecule is COc1cc(CNC2CCCCC2)ccc1OCc1cccc(Cl)c1.Cl. The summed E-state index contributed by atoms with van der Waals surface area (Å²) in [5.41, 5.74) is 2.26. The van der Waals surface area contributed by atoms with Gasteiger partial charge in [0.2, 0.25) is 0 Å². The Kier molecular flexibility index (Phi) is 8.56. The largest absolute Gasteiger partial charge is 0.493 e. The molecule has 1 N–H and O–H groups in total.